The Kier molecular flexibility index (Phi) is 4.92. The second kappa shape index (κ2) is 6.49. The van der Waals surface area contributed by atoms with Gasteiger partial charge in [-0.25, -0.2) is 0 Å². The fourth-order valence-corrected chi connectivity index (χ4v) is 2.42. The maximum Gasteiger partial charge on any atom is 0.122 e. The van der Waals surface area contributed by atoms with Crippen molar-refractivity contribution < 1.29 is 9.84 Å². The minimum atomic E-state index is -0.485. The van der Waals surface area contributed by atoms with Crippen molar-refractivity contribution in [2.45, 2.75) is 26.6 Å². The first-order valence-corrected chi connectivity index (χ1v) is 7.09. The number of benzene rings is 2. The van der Waals surface area contributed by atoms with E-state index in [-0.39, 0.29) is 0 Å². The Labute approximate surface area is 128 Å². The fourth-order valence-electron chi connectivity index (χ4n) is 1.91. The summed E-state index contributed by atoms with van der Waals surface area (Å²) in [7, 11) is 0. The van der Waals surface area contributed by atoms with Crippen LogP contribution in [-0.4, -0.2) is 5.11 Å². The third kappa shape index (κ3) is 3.45. The third-order valence-corrected chi connectivity index (χ3v) is 3.82. The van der Waals surface area contributed by atoms with Crippen molar-refractivity contribution in [1.82, 2.24) is 0 Å². The lowest BCUT2D eigenvalue weighted by molar-refractivity contribution is 0.199. The Morgan fingerprint density at radius 2 is 1.80 bits per heavy atom. The van der Waals surface area contributed by atoms with Crippen molar-refractivity contribution in [2.75, 3.05) is 0 Å². The maximum atomic E-state index is 9.54. The van der Waals surface area contributed by atoms with Gasteiger partial charge in [0.05, 0.1) is 6.10 Å². The van der Waals surface area contributed by atoms with E-state index in [1.807, 2.05) is 25.1 Å². The first kappa shape index (κ1) is 15.2. The van der Waals surface area contributed by atoms with E-state index >= 15 is 0 Å². The summed E-state index contributed by atoms with van der Waals surface area (Å²) in [4.78, 5) is 0. The number of aliphatic hydroxyl groups excluding tert-OH is 1. The molecule has 0 unspecified atom stereocenters. The molecule has 20 heavy (non-hydrogen) atoms. The van der Waals surface area contributed by atoms with Crippen LogP contribution in [0.4, 0.5) is 0 Å². The van der Waals surface area contributed by atoms with Crippen molar-refractivity contribution in [2.24, 2.45) is 0 Å². The van der Waals surface area contributed by atoms with Crippen molar-refractivity contribution in [3.05, 3.63) is 63.1 Å². The highest BCUT2D eigenvalue weighted by molar-refractivity contribution is 6.35. The summed E-state index contributed by atoms with van der Waals surface area (Å²) in [6.45, 7) is 3.99. The van der Waals surface area contributed by atoms with Crippen LogP contribution in [0.1, 0.15) is 29.7 Å². The number of hydrogen-bond acceptors (Lipinski definition) is 2. The molecular formula is C16H16Cl2O2. The molecule has 2 nitrogen and oxygen atoms in total. The number of halogens is 2. The minimum absolute atomic E-state index is 0.313. The van der Waals surface area contributed by atoms with Crippen LogP contribution in [0.3, 0.4) is 0 Å². The zero-order valence-electron chi connectivity index (χ0n) is 11.4. The summed E-state index contributed by atoms with van der Waals surface area (Å²) in [5.41, 5.74) is 2.60. The standard InChI is InChI=1S/C16H16Cl2O2/c1-10-8-12(11(2)19)6-7-16(10)20-9-13-14(17)4-3-5-15(13)18/h3-8,11,19H,9H2,1-2H3/t11-/m1/s1. The summed E-state index contributed by atoms with van der Waals surface area (Å²) in [5.74, 6) is 0.755. The fraction of sp³-hybridized carbons (Fsp3) is 0.250. The molecule has 2 aromatic carbocycles. The van der Waals surface area contributed by atoms with E-state index in [4.69, 9.17) is 27.9 Å². The molecule has 2 rings (SSSR count). The number of aliphatic hydroxyl groups is 1. The highest BCUT2D eigenvalue weighted by Gasteiger charge is 2.09. The molecule has 0 saturated carbocycles. The summed E-state index contributed by atoms with van der Waals surface area (Å²) < 4.78 is 5.77. The van der Waals surface area contributed by atoms with Crippen molar-refractivity contribution in [3.8, 4) is 5.75 Å². The molecule has 0 spiro atoms. The highest BCUT2D eigenvalue weighted by Crippen LogP contribution is 2.28. The average molecular weight is 311 g/mol. The number of hydrogen-bond donors (Lipinski definition) is 1. The van der Waals surface area contributed by atoms with E-state index in [1.165, 1.54) is 0 Å². The molecule has 0 aromatic heterocycles. The Balaban J connectivity index is 2.15. The number of aryl methyl sites for hydroxylation is 1. The Hall–Kier alpha value is -1.22. The smallest absolute Gasteiger partial charge is 0.122 e. The van der Waals surface area contributed by atoms with Crippen molar-refractivity contribution >= 4 is 23.2 Å². The van der Waals surface area contributed by atoms with Gasteiger partial charge in [0.2, 0.25) is 0 Å². The Morgan fingerprint density at radius 1 is 1.15 bits per heavy atom. The van der Waals surface area contributed by atoms with Crippen LogP contribution in [-0.2, 0) is 6.61 Å². The van der Waals surface area contributed by atoms with Gasteiger partial charge < -0.3 is 9.84 Å². The van der Waals surface area contributed by atoms with Gasteiger partial charge in [-0.05, 0) is 49.2 Å². The quantitative estimate of drug-likeness (QED) is 0.867. The topological polar surface area (TPSA) is 29.5 Å². The first-order valence-electron chi connectivity index (χ1n) is 6.33. The van der Waals surface area contributed by atoms with E-state index in [0.29, 0.717) is 16.7 Å². The molecule has 4 heteroatoms. The molecule has 0 aliphatic rings. The van der Waals surface area contributed by atoms with Crippen LogP contribution in [0.2, 0.25) is 10.0 Å². The van der Waals surface area contributed by atoms with E-state index < -0.39 is 6.10 Å². The van der Waals surface area contributed by atoms with Gasteiger partial charge in [-0.15, -0.1) is 0 Å². The molecule has 2 aromatic rings. The lowest BCUT2D eigenvalue weighted by Crippen LogP contribution is -2.00. The number of rotatable bonds is 4. The molecule has 0 radical (unpaired) electrons. The van der Waals surface area contributed by atoms with Crippen LogP contribution >= 0.6 is 23.2 Å². The molecule has 0 amide bonds. The Bertz CT molecular complexity index is 589. The monoisotopic (exact) mass is 310 g/mol. The van der Waals surface area contributed by atoms with Gasteiger partial charge in [0.1, 0.15) is 12.4 Å². The molecule has 0 aliphatic heterocycles. The third-order valence-electron chi connectivity index (χ3n) is 3.12. The van der Waals surface area contributed by atoms with E-state index in [2.05, 4.69) is 0 Å². The van der Waals surface area contributed by atoms with Crippen LogP contribution in [0.25, 0.3) is 0 Å². The predicted molar refractivity (Wildman–Crippen MR) is 82.6 cm³/mol. The molecule has 0 aliphatic carbocycles. The van der Waals surface area contributed by atoms with E-state index in [9.17, 15) is 5.11 Å². The Morgan fingerprint density at radius 3 is 2.35 bits per heavy atom. The molecule has 0 bridgehead atoms. The van der Waals surface area contributed by atoms with Gasteiger partial charge in [0.25, 0.3) is 0 Å². The van der Waals surface area contributed by atoms with Crippen LogP contribution in [0.5, 0.6) is 5.75 Å². The van der Waals surface area contributed by atoms with Gasteiger partial charge in [-0.1, -0.05) is 35.3 Å². The van der Waals surface area contributed by atoms with Gasteiger partial charge in [0.15, 0.2) is 0 Å². The maximum absolute atomic E-state index is 9.54. The minimum Gasteiger partial charge on any atom is -0.489 e. The number of ether oxygens (including phenoxy) is 1. The van der Waals surface area contributed by atoms with Crippen LogP contribution in [0, 0.1) is 6.92 Å². The summed E-state index contributed by atoms with van der Waals surface area (Å²) in [5, 5.41) is 10.7. The SMILES string of the molecule is Cc1cc([C@@H](C)O)ccc1OCc1c(Cl)cccc1Cl. The lowest BCUT2D eigenvalue weighted by Gasteiger charge is -2.13. The first-order chi connectivity index (χ1) is 9.49. The van der Waals surface area contributed by atoms with Crippen molar-refractivity contribution in [3.63, 3.8) is 0 Å². The molecule has 1 atom stereocenters. The van der Waals surface area contributed by atoms with E-state index in [0.717, 1.165) is 22.4 Å². The average Bonchev–Trinajstić information content (AvgIpc) is 2.39. The van der Waals surface area contributed by atoms with Gasteiger partial charge in [-0.3, -0.25) is 0 Å². The largest absolute Gasteiger partial charge is 0.489 e. The van der Waals surface area contributed by atoms with Gasteiger partial charge >= 0.3 is 0 Å². The molecule has 106 valence electrons. The summed E-state index contributed by atoms with van der Waals surface area (Å²) in [6.07, 6.45) is -0.485. The zero-order chi connectivity index (χ0) is 14.7. The zero-order valence-corrected chi connectivity index (χ0v) is 12.9. The van der Waals surface area contributed by atoms with Crippen LogP contribution in [0.15, 0.2) is 36.4 Å². The van der Waals surface area contributed by atoms with E-state index in [1.54, 1.807) is 25.1 Å². The normalized spacial score (nSPS) is 12.2. The van der Waals surface area contributed by atoms with Gasteiger partial charge in [-0.2, -0.15) is 0 Å². The molecule has 0 heterocycles. The molecule has 0 saturated heterocycles. The van der Waals surface area contributed by atoms with Crippen molar-refractivity contribution in [1.29, 1.82) is 0 Å². The summed E-state index contributed by atoms with van der Waals surface area (Å²) >= 11 is 12.2. The highest BCUT2D eigenvalue weighted by atomic mass is 35.5. The molecule has 1 N–H and O–H groups in total. The summed E-state index contributed by atoms with van der Waals surface area (Å²) in [6, 6.07) is 11.0. The lowest BCUT2D eigenvalue weighted by atomic mass is 10.1. The molecular weight excluding hydrogens is 295 g/mol. The second-order valence-electron chi connectivity index (χ2n) is 4.69. The van der Waals surface area contributed by atoms with Crippen LogP contribution < -0.4 is 4.74 Å². The second-order valence-corrected chi connectivity index (χ2v) is 5.50. The molecule has 0 fully saturated rings. The van der Waals surface area contributed by atoms with Gasteiger partial charge in [0, 0.05) is 15.6 Å². The predicted octanol–water partition coefficient (Wildman–Crippen LogP) is 4.93.